The minimum Gasteiger partial charge on any atom is -0.481 e. The van der Waals surface area contributed by atoms with Crippen LogP contribution in [0.5, 0.6) is 0 Å². The van der Waals surface area contributed by atoms with Crippen molar-refractivity contribution >= 4 is 34.0 Å². The topological polar surface area (TPSA) is 50.4 Å². The molecular formula is C18H14O3S. The molecule has 0 amide bonds. The van der Waals surface area contributed by atoms with Crippen molar-refractivity contribution in [1.82, 2.24) is 0 Å². The molecular weight excluding hydrogens is 296 g/mol. The highest BCUT2D eigenvalue weighted by molar-refractivity contribution is 7.81. The number of thiocarbonyl (C=S) groups is 1. The molecule has 0 spiro atoms. The molecule has 3 aromatic rings. The van der Waals surface area contributed by atoms with Crippen LogP contribution in [0.2, 0.25) is 0 Å². The second-order valence-corrected chi connectivity index (χ2v) is 5.61. The molecule has 0 unspecified atom stereocenters. The van der Waals surface area contributed by atoms with Crippen molar-refractivity contribution < 1.29 is 14.3 Å². The maximum atomic E-state index is 11.0. The fourth-order valence-corrected chi connectivity index (χ4v) is 2.94. The number of furan rings is 1. The normalized spacial score (nSPS) is 10.8. The number of aryl methyl sites for hydroxylation is 1. The summed E-state index contributed by atoms with van der Waals surface area (Å²) < 4.78 is 5.56. The summed E-state index contributed by atoms with van der Waals surface area (Å²) in [6.45, 7) is 2.00. The van der Waals surface area contributed by atoms with Gasteiger partial charge in [0.15, 0.2) is 0 Å². The second-order valence-electron chi connectivity index (χ2n) is 5.20. The number of carboxylic acid groups (broad SMARTS) is 1. The highest BCUT2D eigenvalue weighted by Gasteiger charge is 2.15. The highest BCUT2D eigenvalue weighted by atomic mass is 32.1. The molecule has 0 saturated heterocycles. The summed E-state index contributed by atoms with van der Waals surface area (Å²) in [6.07, 6.45) is 1.56. The third-order valence-electron chi connectivity index (χ3n) is 3.60. The molecule has 4 heteroatoms. The van der Waals surface area contributed by atoms with Gasteiger partial charge in [0.25, 0.3) is 0 Å². The van der Waals surface area contributed by atoms with Gasteiger partial charge in [0, 0.05) is 10.9 Å². The van der Waals surface area contributed by atoms with Crippen LogP contribution in [0, 0.1) is 6.92 Å². The Balaban J connectivity index is 2.16. The molecule has 0 saturated carbocycles. The van der Waals surface area contributed by atoms with E-state index in [9.17, 15) is 4.79 Å². The molecule has 1 aromatic heterocycles. The Hall–Kier alpha value is -2.46. The number of hydrogen-bond acceptors (Lipinski definition) is 3. The second kappa shape index (κ2) is 5.73. The van der Waals surface area contributed by atoms with Gasteiger partial charge in [0.1, 0.15) is 5.58 Å². The SMILES string of the molecule is Cc1ccccc1C(=S)c1cc(CC(=O)O)cc2ccoc12. The van der Waals surface area contributed by atoms with Crippen LogP contribution in [0.25, 0.3) is 11.0 Å². The van der Waals surface area contributed by atoms with Crippen LogP contribution in [-0.2, 0) is 11.2 Å². The smallest absolute Gasteiger partial charge is 0.307 e. The standard InChI is InChI=1S/C18H14O3S/c1-11-4-2-3-5-14(11)18(22)15-9-12(10-16(19)20)8-13-6-7-21-17(13)15/h2-9H,10H2,1H3,(H,19,20). The minimum atomic E-state index is -0.865. The van der Waals surface area contributed by atoms with Crippen LogP contribution in [0.1, 0.15) is 22.3 Å². The molecule has 3 rings (SSSR count). The first-order chi connectivity index (χ1) is 10.6. The van der Waals surface area contributed by atoms with E-state index in [2.05, 4.69) is 0 Å². The Morgan fingerprint density at radius 2 is 1.95 bits per heavy atom. The number of aliphatic carboxylic acids is 1. The Kier molecular flexibility index (Phi) is 3.77. The van der Waals surface area contributed by atoms with E-state index >= 15 is 0 Å². The summed E-state index contributed by atoms with van der Waals surface area (Å²) in [6, 6.07) is 13.3. The van der Waals surface area contributed by atoms with Crippen LogP contribution >= 0.6 is 12.2 Å². The molecule has 0 atom stereocenters. The van der Waals surface area contributed by atoms with Crippen LogP contribution < -0.4 is 0 Å². The monoisotopic (exact) mass is 310 g/mol. The van der Waals surface area contributed by atoms with Gasteiger partial charge in [-0.25, -0.2) is 0 Å². The largest absolute Gasteiger partial charge is 0.481 e. The minimum absolute atomic E-state index is 0.0372. The van der Waals surface area contributed by atoms with Crippen molar-refractivity contribution in [3.05, 3.63) is 71.0 Å². The first-order valence-electron chi connectivity index (χ1n) is 6.88. The van der Waals surface area contributed by atoms with Gasteiger partial charge in [-0.3, -0.25) is 4.79 Å². The Morgan fingerprint density at radius 1 is 1.18 bits per heavy atom. The lowest BCUT2D eigenvalue weighted by Gasteiger charge is -2.10. The molecule has 110 valence electrons. The van der Waals surface area contributed by atoms with Crippen molar-refractivity contribution in [3.8, 4) is 0 Å². The summed E-state index contributed by atoms with van der Waals surface area (Å²) >= 11 is 5.63. The molecule has 0 aliphatic rings. The lowest BCUT2D eigenvalue weighted by molar-refractivity contribution is -0.136. The third kappa shape index (κ3) is 2.65. The molecule has 0 aliphatic carbocycles. The van der Waals surface area contributed by atoms with Gasteiger partial charge >= 0.3 is 5.97 Å². The predicted octanol–water partition coefficient (Wildman–Crippen LogP) is 4.13. The average Bonchev–Trinajstić information content (AvgIpc) is 2.94. The first-order valence-corrected chi connectivity index (χ1v) is 7.29. The Labute approximate surface area is 133 Å². The van der Waals surface area contributed by atoms with Gasteiger partial charge in [-0.15, -0.1) is 0 Å². The number of benzene rings is 2. The van der Waals surface area contributed by atoms with E-state index in [-0.39, 0.29) is 6.42 Å². The van der Waals surface area contributed by atoms with E-state index < -0.39 is 5.97 Å². The Morgan fingerprint density at radius 3 is 2.68 bits per heavy atom. The summed E-state index contributed by atoms with van der Waals surface area (Å²) in [4.78, 5) is 11.7. The number of carboxylic acids is 1. The fourth-order valence-electron chi connectivity index (χ4n) is 2.56. The maximum absolute atomic E-state index is 11.0. The van der Waals surface area contributed by atoms with Gasteiger partial charge in [-0.05, 0) is 41.8 Å². The van der Waals surface area contributed by atoms with Crippen molar-refractivity contribution in [2.24, 2.45) is 0 Å². The van der Waals surface area contributed by atoms with E-state index in [0.717, 1.165) is 22.1 Å². The predicted molar refractivity (Wildman–Crippen MR) is 89.5 cm³/mol. The molecule has 1 N–H and O–H groups in total. The fraction of sp³-hybridized carbons (Fsp3) is 0.111. The van der Waals surface area contributed by atoms with Crippen LogP contribution in [0.4, 0.5) is 0 Å². The third-order valence-corrected chi connectivity index (χ3v) is 4.04. The van der Waals surface area contributed by atoms with Gasteiger partial charge in [-0.2, -0.15) is 0 Å². The van der Waals surface area contributed by atoms with E-state index in [4.69, 9.17) is 21.7 Å². The van der Waals surface area contributed by atoms with Gasteiger partial charge in [-0.1, -0.05) is 36.5 Å². The van der Waals surface area contributed by atoms with Crippen molar-refractivity contribution in [2.75, 3.05) is 0 Å². The van der Waals surface area contributed by atoms with Crippen molar-refractivity contribution in [2.45, 2.75) is 13.3 Å². The summed E-state index contributed by atoms with van der Waals surface area (Å²) in [5, 5.41) is 9.89. The summed E-state index contributed by atoms with van der Waals surface area (Å²) in [7, 11) is 0. The molecule has 0 fully saturated rings. The number of hydrogen-bond donors (Lipinski definition) is 1. The summed E-state index contributed by atoms with van der Waals surface area (Å²) in [5.74, 6) is -0.865. The molecule has 1 heterocycles. The molecule has 3 nitrogen and oxygen atoms in total. The quantitative estimate of drug-likeness (QED) is 0.581. The van der Waals surface area contributed by atoms with Crippen LogP contribution in [0.15, 0.2) is 53.1 Å². The number of rotatable bonds is 4. The molecule has 0 aliphatic heterocycles. The maximum Gasteiger partial charge on any atom is 0.307 e. The van der Waals surface area contributed by atoms with E-state index in [1.54, 1.807) is 6.26 Å². The lowest BCUT2D eigenvalue weighted by atomic mass is 9.96. The Bertz CT molecular complexity index is 877. The van der Waals surface area contributed by atoms with E-state index in [1.165, 1.54) is 0 Å². The zero-order valence-electron chi connectivity index (χ0n) is 12.0. The first kappa shape index (κ1) is 14.5. The molecule has 0 radical (unpaired) electrons. The van der Waals surface area contributed by atoms with Gasteiger partial charge in [0.2, 0.25) is 0 Å². The molecule has 2 aromatic carbocycles. The van der Waals surface area contributed by atoms with Crippen molar-refractivity contribution in [1.29, 1.82) is 0 Å². The highest BCUT2D eigenvalue weighted by Crippen LogP contribution is 2.26. The zero-order valence-corrected chi connectivity index (χ0v) is 12.8. The van der Waals surface area contributed by atoms with Crippen molar-refractivity contribution in [3.63, 3.8) is 0 Å². The van der Waals surface area contributed by atoms with E-state index in [0.29, 0.717) is 16.0 Å². The lowest BCUT2D eigenvalue weighted by Crippen LogP contribution is -2.05. The molecule has 0 bridgehead atoms. The molecule has 22 heavy (non-hydrogen) atoms. The summed E-state index contributed by atoms with van der Waals surface area (Å²) in [5.41, 5.74) is 4.22. The zero-order chi connectivity index (χ0) is 15.7. The average molecular weight is 310 g/mol. The van der Waals surface area contributed by atoms with Crippen LogP contribution in [0.3, 0.4) is 0 Å². The van der Waals surface area contributed by atoms with Gasteiger partial charge in [0.05, 0.1) is 17.5 Å². The number of fused-ring (bicyclic) bond motifs is 1. The number of carbonyl (C=O) groups is 1. The van der Waals surface area contributed by atoms with Crippen LogP contribution in [-0.4, -0.2) is 15.9 Å². The van der Waals surface area contributed by atoms with Gasteiger partial charge < -0.3 is 9.52 Å². The van der Waals surface area contributed by atoms with E-state index in [1.807, 2.05) is 49.4 Å².